The summed E-state index contributed by atoms with van der Waals surface area (Å²) in [6.07, 6.45) is 1.84. The van der Waals surface area contributed by atoms with Gasteiger partial charge in [-0.05, 0) is 94.7 Å². The molecule has 3 fully saturated rings. The number of amides is 1. The number of aliphatic hydroxyl groups excluding tert-OH is 2. The number of rotatable bonds is 10. The molecule has 5 aromatic rings. The zero-order valence-electron chi connectivity index (χ0n) is 42.9. The SMILES string of the molecule is C.C=CCOC(=O)N1CCc2c(c(=O)oc3c(C4OCCCO4)c(O)c(CO)cc23)C1.CN1CCc2c(c(=O)oc3c(C4OCCCO4)c(OCc4ccc(B5OC(C)(C)C(C)(C)O5)cc4)c(CO)cc23)C1.S=S=S=S=S. The van der Waals surface area contributed by atoms with E-state index in [-0.39, 0.29) is 61.9 Å². The van der Waals surface area contributed by atoms with Gasteiger partial charge in [-0.1, -0.05) is 44.3 Å². The summed E-state index contributed by atoms with van der Waals surface area (Å²) in [7, 11) is 5.49. The molecule has 5 aliphatic heterocycles. The number of carbonyl (C=O) groups excluding carboxylic acids is 1. The van der Waals surface area contributed by atoms with Crippen LogP contribution in [0.5, 0.6) is 11.5 Å². The highest BCUT2D eigenvalue weighted by Crippen LogP contribution is 2.43. The van der Waals surface area contributed by atoms with Crippen molar-refractivity contribution in [1.29, 1.82) is 0 Å². The second kappa shape index (κ2) is 26.6. The van der Waals surface area contributed by atoms with E-state index < -0.39 is 49.2 Å². The van der Waals surface area contributed by atoms with Crippen LogP contribution in [0.25, 0.3) is 21.9 Å². The van der Waals surface area contributed by atoms with Crippen LogP contribution in [0.3, 0.4) is 0 Å². The lowest BCUT2D eigenvalue weighted by atomic mass is 9.79. The first-order valence-corrected chi connectivity index (χ1v) is 30.1. The van der Waals surface area contributed by atoms with Gasteiger partial charge in [-0.15, -0.1) is 0 Å². The van der Waals surface area contributed by atoms with Gasteiger partial charge in [-0.2, -0.15) is 0 Å². The topological polar surface area (TPSA) is 218 Å². The highest BCUT2D eigenvalue weighted by Gasteiger charge is 2.51. The molecule has 3 N–H and O–H groups in total. The predicted octanol–water partition coefficient (Wildman–Crippen LogP) is 6.32. The third-order valence-electron chi connectivity index (χ3n) is 14.1. The fourth-order valence-corrected chi connectivity index (χ4v) is 12.3. The number of carbonyl (C=O) groups is 1. The molecule has 1 amide bonds. The first-order valence-electron chi connectivity index (χ1n) is 24.7. The lowest BCUT2D eigenvalue weighted by molar-refractivity contribution is -0.183. The number of hydrogen-bond acceptors (Lipinski definition) is 19. The van der Waals surface area contributed by atoms with Crippen molar-refractivity contribution in [3.63, 3.8) is 0 Å². The number of likely N-dealkylation sites (N-methyl/N-ethyl adjacent to an activating group) is 1. The second-order valence-corrected chi connectivity index (χ2v) is 24.8. The first kappa shape index (κ1) is 60.1. The lowest BCUT2D eigenvalue weighted by Gasteiger charge is -2.32. The molecule has 10 rings (SSSR count). The molecule has 2 aromatic heterocycles. The monoisotopic (exact) mass is 1160 g/mol. The minimum Gasteiger partial charge on any atom is -0.507 e. The maximum Gasteiger partial charge on any atom is 0.494 e. The lowest BCUT2D eigenvalue weighted by Crippen LogP contribution is -2.41. The Morgan fingerprint density at radius 3 is 1.84 bits per heavy atom. The summed E-state index contributed by atoms with van der Waals surface area (Å²) < 4.78 is 58.6. The minimum absolute atomic E-state index is 0. The van der Waals surface area contributed by atoms with Gasteiger partial charge in [0.2, 0.25) is 0 Å². The number of aliphatic hydroxyl groups is 2. The molecule has 0 spiro atoms. The molecule has 0 atom stereocenters. The maximum absolute atomic E-state index is 13.1. The van der Waals surface area contributed by atoms with Crippen LogP contribution in [-0.2, 0) is 128 Å². The number of aromatic hydroxyl groups is 1. The molecular formula is C53H65BN2O16S5. The number of fused-ring (bicyclic) bond motifs is 6. The largest absolute Gasteiger partial charge is 0.507 e. The predicted molar refractivity (Wildman–Crippen MR) is 303 cm³/mol. The van der Waals surface area contributed by atoms with Crippen LogP contribution >= 0.6 is 0 Å². The highest BCUT2D eigenvalue weighted by atomic mass is 33.3. The van der Waals surface area contributed by atoms with E-state index in [9.17, 15) is 29.7 Å². The molecule has 0 saturated carbocycles. The van der Waals surface area contributed by atoms with Crippen molar-refractivity contribution < 1.29 is 66.7 Å². The van der Waals surface area contributed by atoms with Gasteiger partial charge in [-0.3, -0.25) is 0 Å². The van der Waals surface area contributed by atoms with Crippen molar-refractivity contribution in [3.05, 3.63) is 120 Å². The molecule has 18 nitrogen and oxygen atoms in total. The molecule has 0 unspecified atom stereocenters. The average molecular weight is 1160 g/mol. The number of benzene rings is 3. The van der Waals surface area contributed by atoms with E-state index in [1.165, 1.54) is 37.6 Å². The van der Waals surface area contributed by atoms with Gasteiger partial charge in [0.15, 0.2) is 23.7 Å². The molecule has 3 saturated heterocycles. The standard InChI is InChI=1S/C31H38BNO8.C21H23NO8.CH4.S5/c1-30(2)31(3,4)41-32(40-30)21-9-7-19(8-10-21)18-38-26-20(17-34)15-23-22-11-12-33(5)16-24(22)28(35)39-27(23)25(26)29-36-13-6-14-37-29;1-2-6-29-21(26)22-5-4-13-14-9-12(11-23)17(24)16(20-27-7-3-8-28-20)18(14)30-19(25)15(13)10-22;;1-3-5-4-2/h7-10,15,29,34H,6,11-14,16-18H2,1-5H3;2,9,20,23-24H,1,3-8,10-11H2;1H4;. The highest BCUT2D eigenvalue weighted by molar-refractivity contribution is 8.59. The fourth-order valence-electron chi connectivity index (χ4n) is 9.51. The fraction of sp³-hybridized carbons (Fsp3) is 0.491. The summed E-state index contributed by atoms with van der Waals surface area (Å²) in [4.78, 5) is 41.6. The van der Waals surface area contributed by atoms with Gasteiger partial charge < -0.3 is 71.7 Å². The van der Waals surface area contributed by atoms with Gasteiger partial charge in [0.05, 0.1) is 79.6 Å². The Hall–Kier alpha value is -4.51. The van der Waals surface area contributed by atoms with E-state index in [0.717, 1.165) is 34.9 Å². The minimum atomic E-state index is -0.900. The molecule has 77 heavy (non-hydrogen) atoms. The van der Waals surface area contributed by atoms with Crippen LogP contribution in [0.1, 0.15) is 111 Å². The van der Waals surface area contributed by atoms with E-state index in [1.54, 1.807) is 6.07 Å². The summed E-state index contributed by atoms with van der Waals surface area (Å²) in [5, 5.41) is 32.2. The summed E-state index contributed by atoms with van der Waals surface area (Å²) >= 11 is 8.89. The Morgan fingerprint density at radius 1 is 0.792 bits per heavy atom. The zero-order chi connectivity index (χ0) is 54.3. The van der Waals surface area contributed by atoms with Crippen molar-refractivity contribution in [3.8, 4) is 11.5 Å². The summed E-state index contributed by atoms with van der Waals surface area (Å²) in [6, 6.07) is 11.4. The van der Waals surface area contributed by atoms with Crippen LogP contribution in [0.2, 0.25) is 0 Å². The van der Waals surface area contributed by atoms with Gasteiger partial charge in [0.25, 0.3) is 0 Å². The number of phenols is 1. The molecule has 24 heteroatoms. The zero-order valence-corrected chi connectivity index (χ0v) is 47.0. The molecule has 0 radical (unpaired) electrons. The molecule has 5 aliphatic rings. The molecule has 7 heterocycles. The van der Waals surface area contributed by atoms with Crippen molar-refractivity contribution >= 4 is 89.6 Å². The van der Waals surface area contributed by atoms with Crippen molar-refractivity contribution in [1.82, 2.24) is 9.80 Å². The average Bonchev–Trinajstić information content (AvgIpc) is 3.71. The Balaban J connectivity index is 0.000000211. The maximum atomic E-state index is 13.1. The number of nitrogens with zero attached hydrogens (tertiary/aromatic N) is 2. The Labute approximate surface area is 465 Å². The van der Waals surface area contributed by atoms with Crippen molar-refractivity contribution in [2.24, 2.45) is 0 Å². The Kier molecular flexibility index (Phi) is 20.8. The van der Waals surface area contributed by atoms with Gasteiger partial charge >= 0.3 is 24.5 Å². The summed E-state index contributed by atoms with van der Waals surface area (Å²) in [5.74, 6) is 0.198. The van der Waals surface area contributed by atoms with Crippen LogP contribution < -0.4 is 21.5 Å². The van der Waals surface area contributed by atoms with Crippen LogP contribution in [0.4, 0.5) is 4.79 Å². The Bertz CT molecular complexity index is 3190. The van der Waals surface area contributed by atoms with Crippen molar-refractivity contribution in [2.75, 3.05) is 53.2 Å². The normalized spacial score (nSPS) is 18.1. The van der Waals surface area contributed by atoms with E-state index in [1.807, 2.05) is 65.1 Å². The van der Waals surface area contributed by atoms with E-state index >= 15 is 0 Å². The van der Waals surface area contributed by atoms with Crippen LogP contribution in [0, 0.1) is 0 Å². The Morgan fingerprint density at radius 2 is 1.31 bits per heavy atom. The summed E-state index contributed by atoms with van der Waals surface area (Å²) in [6.45, 7) is 14.9. The quantitative estimate of drug-likeness (QED) is 0.0792. The first-order chi connectivity index (χ1) is 36.5. The number of hydrogen-bond donors (Lipinski definition) is 3. The van der Waals surface area contributed by atoms with Gasteiger partial charge in [0.1, 0.15) is 24.7 Å². The van der Waals surface area contributed by atoms with E-state index in [0.29, 0.717) is 103 Å². The smallest absolute Gasteiger partial charge is 0.494 e. The summed E-state index contributed by atoms with van der Waals surface area (Å²) in [5.41, 5.74) is 4.85. The van der Waals surface area contributed by atoms with Gasteiger partial charge in [0, 0.05) is 90.6 Å². The molecule has 3 aromatic carbocycles. The molecule has 0 aliphatic carbocycles. The third kappa shape index (κ3) is 13.2. The van der Waals surface area contributed by atoms with Gasteiger partial charge in [-0.25, -0.2) is 14.4 Å². The van der Waals surface area contributed by atoms with Crippen LogP contribution in [0.15, 0.2) is 67.5 Å². The third-order valence-corrected chi connectivity index (χ3v) is 18.6. The molecule has 416 valence electrons. The molecule has 0 bridgehead atoms. The van der Waals surface area contributed by atoms with Crippen LogP contribution in [-0.4, -0.2) is 103 Å². The van der Waals surface area contributed by atoms with E-state index in [2.05, 4.69) is 33.9 Å². The molecular weight excluding hydrogens is 1090 g/mol. The van der Waals surface area contributed by atoms with Crippen molar-refractivity contribution in [2.45, 2.75) is 117 Å². The van der Waals surface area contributed by atoms with E-state index in [4.69, 9.17) is 46.6 Å². The number of ether oxygens (including phenoxy) is 6. The second-order valence-electron chi connectivity index (χ2n) is 19.5.